The molecule has 0 saturated heterocycles. The van der Waals surface area contributed by atoms with Crippen LogP contribution in [0.5, 0.6) is 5.75 Å². The lowest BCUT2D eigenvalue weighted by Crippen LogP contribution is -2.31. The Balaban J connectivity index is 1.62. The SMILES string of the molecule is N#COc1ccc(C(c2cc3c4c(c2)CCN4C(=S)CC3)n2ccnc2)cc1. The van der Waals surface area contributed by atoms with Crippen LogP contribution in [0.15, 0.2) is 55.1 Å². The molecule has 0 bridgehead atoms. The van der Waals surface area contributed by atoms with Crippen molar-refractivity contribution in [3.05, 3.63) is 77.4 Å². The monoisotopic (exact) mass is 386 g/mol. The maximum Gasteiger partial charge on any atom is 0.292 e. The summed E-state index contributed by atoms with van der Waals surface area (Å²) in [4.78, 5) is 7.64. The number of benzene rings is 2. The number of anilines is 1. The summed E-state index contributed by atoms with van der Waals surface area (Å²) in [6, 6.07) is 12.3. The first-order chi connectivity index (χ1) is 13.7. The van der Waals surface area contributed by atoms with Crippen molar-refractivity contribution in [3.63, 3.8) is 0 Å². The fourth-order valence-electron chi connectivity index (χ4n) is 4.37. The van der Waals surface area contributed by atoms with Gasteiger partial charge in [0.25, 0.3) is 6.26 Å². The van der Waals surface area contributed by atoms with Crippen molar-refractivity contribution in [3.8, 4) is 12.0 Å². The summed E-state index contributed by atoms with van der Waals surface area (Å²) in [5.41, 5.74) is 6.46. The van der Waals surface area contributed by atoms with Crippen molar-refractivity contribution in [2.45, 2.75) is 25.3 Å². The molecule has 0 saturated carbocycles. The molecule has 138 valence electrons. The zero-order valence-corrected chi connectivity index (χ0v) is 16.0. The van der Waals surface area contributed by atoms with Crippen LogP contribution >= 0.6 is 12.2 Å². The quantitative estimate of drug-likeness (QED) is 0.501. The van der Waals surface area contributed by atoms with Crippen molar-refractivity contribution in [1.29, 1.82) is 5.26 Å². The van der Waals surface area contributed by atoms with E-state index in [1.54, 1.807) is 12.5 Å². The second-order valence-corrected chi connectivity index (χ2v) is 7.63. The highest BCUT2D eigenvalue weighted by Gasteiger charge is 2.30. The van der Waals surface area contributed by atoms with Crippen LogP contribution in [0.1, 0.15) is 34.7 Å². The van der Waals surface area contributed by atoms with Crippen molar-refractivity contribution < 1.29 is 4.74 Å². The van der Waals surface area contributed by atoms with Crippen molar-refractivity contribution in [2.24, 2.45) is 0 Å². The summed E-state index contributed by atoms with van der Waals surface area (Å²) in [5.74, 6) is 0.545. The molecule has 2 aromatic carbocycles. The molecule has 0 radical (unpaired) electrons. The van der Waals surface area contributed by atoms with Crippen molar-refractivity contribution in [2.75, 3.05) is 11.4 Å². The fraction of sp³-hybridized carbons (Fsp3) is 0.227. The molecule has 2 aliphatic rings. The zero-order valence-electron chi connectivity index (χ0n) is 15.2. The minimum atomic E-state index is 0.0168. The van der Waals surface area contributed by atoms with Gasteiger partial charge in [-0.05, 0) is 47.2 Å². The van der Waals surface area contributed by atoms with Gasteiger partial charge in [0.1, 0.15) is 5.75 Å². The number of ether oxygens (including phenoxy) is 1. The third-order valence-electron chi connectivity index (χ3n) is 5.57. The normalized spacial score (nSPS) is 15.8. The highest BCUT2D eigenvalue weighted by Crippen LogP contribution is 2.40. The number of thiocarbonyl (C=S) groups is 1. The van der Waals surface area contributed by atoms with Crippen LogP contribution in [-0.2, 0) is 12.8 Å². The topological polar surface area (TPSA) is 54.1 Å². The number of nitriles is 1. The maximum atomic E-state index is 8.72. The second-order valence-electron chi connectivity index (χ2n) is 7.16. The molecule has 0 fully saturated rings. The number of aromatic nitrogens is 2. The van der Waals surface area contributed by atoms with Crippen molar-refractivity contribution >= 4 is 22.9 Å². The van der Waals surface area contributed by atoms with Crippen LogP contribution in [-0.4, -0.2) is 21.1 Å². The van der Waals surface area contributed by atoms with Crippen LogP contribution in [0.2, 0.25) is 0 Å². The molecule has 2 aliphatic heterocycles. The van der Waals surface area contributed by atoms with E-state index in [9.17, 15) is 0 Å². The van der Waals surface area contributed by atoms with E-state index in [0.29, 0.717) is 5.75 Å². The minimum Gasteiger partial charge on any atom is -0.388 e. The van der Waals surface area contributed by atoms with Gasteiger partial charge in [0.2, 0.25) is 0 Å². The van der Waals surface area contributed by atoms with Crippen LogP contribution < -0.4 is 9.64 Å². The first-order valence-corrected chi connectivity index (χ1v) is 9.75. The Labute approximate surface area is 168 Å². The van der Waals surface area contributed by atoms with Gasteiger partial charge in [-0.15, -0.1) is 5.26 Å². The Kier molecular flexibility index (Phi) is 4.10. The molecule has 0 N–H and O–H groups in total. The summed E-state index contributed by atoms with van der Waals surface area (Å²) in [6.45, 7) is 0.987. The fourth-order valence-corrected chi connectivity index (χ4v) is 4.66. The predicted molar refractivity (Wildman–Crippen MR) is 111 cm³/mol. The van der Waals surface area contributed by atoms with Gasteiger partial charge in [-0.3, -0.25) is 0 Å². The summed E-state index contributed by atoms with van der Waals surface area (Å²) < 4.78 is 7.05. The van der Waals surface area contributed by atoms with Crippen LogP contribution in [0.25, 0.3) is 0 Å². The molecule has 28 heavy (non-hydrogen) atoms. The predicted octanol–water partition coefficient (Wildman–Crippen LogP) is 4.02. The summed E-state index contributed by atoms with van der Waals surface area (Å²) in [6.07, 6.45) is 10.3. The molecule has 1 aromatic heterocycles. The number of aryl methyl sites for hydroxylation is 1. The lowest BCUT2D eigenvalue weighted by Gasteiger charge is -2.29. The van der Waals surface area contributed by atoms with Gasteiger partial charge in [-0.25, -0.2) is 4.98 Å². The summed E-state index contributed by atoms with van der Waals surface area (Å²) >= 11 is 5.57. The first-order valence-electron chi connectivity index (χ1n) is 9.34. The summed E-state index contributed by atoms with van der Waals surface area (Å²) in [7, 11) is 0. The third kappa shape index (κ3) is 2.76. The second kappa shape index (κ2) is 6.77. The van der Waals surface area contributed by atoms with Crippen LogP contribution in [0, 0.1) is 11.5 Å². The van der Waals surface area contributed by atoms with Gasteiger partial charge < -0.3 is 14.2 Å². The molecular weight excluding hydrogens is 368 g/mol. The number of nitrogens with zero attached hydrogens (tertiary/aromatic N) is 4. The Hall–Kier alpha value is -3.17. The van der Waals surface area contributed by atoms with Gasteiger partial charge in [-0.2, -0.15) is 0 Å². The zero-order chi connectivity index (χ0) is 19.1. The average Bonchev–Trinajstić information content (AvgIpc) is 3.38. The highest BCUT2D eigenvalue weighted by atomic mass is 32.1. The smallest absolute Gasteiger partial charge is 0.292 e. The summed E-state index contributed by atoms with van der Waals surface area (Å²) in [5, 5.41) is 8.72. The molecule has 5 rings (SSSR count). The van der Waals surface area contributed by atoms with Gasteiger partial charge in [-0.1, -0.05) is 36.5 Å². The molecule has 0 spiro atoms. The van der Waals surface area contributed by atoms with Gasteiger partial charge >= 0.3 is 0 Å². The Morgan fingerprint density at radius 1 is 1.07 bits per heavy atom. The van der Waals surface area contributed by atoms with E-state index >= 15 is 0 Å². The van der Waals surface area contributed by atoms with E-state index in [-0.39, 0.29) is 6.04 Å². The highest BCUT2D eigenvalue weighted by molar-refractivity contribution is 7.80. The molecule has 1 atom stereocenters. The minimum absolute atomic E-state index is 0.0168. The Bertz CT molecular complexity index is 1080. The molecule has 0 amide bonds. The lowest BCUT2D eigenvalue weighted by atomic mass is 9.91. The van der Waals surface area contributed by atoms with Crippen LogP contribution in [0.3, 0.4) is 0 Å². The van der Waals surface area contributed by atoms with E-state index in [4.69, 9.17) is 22.2 Å². The number of rotatable bonds is 4. The number of hydrogen-bond donors (Lipinski definition) is 0. The van der Waals surface area contributed by atoms with Gasteiger partial charge in [0.05, 0.1) is 17.4 Å². The van der Waals surface area contributed by atoms with E-state index in [0.717, 1.165) is 36.4 Å². The van der Waals surface area contributed by atoms with Crippen molar-refractivity contribution in [1.82, 2.24) is 9.55 Å². The first kappa shape index (κ1) is 17.0. The largest absolute Gasteiger partial charge is 0.388 e. The molecular formula is C22H18N4OS. The molecule has 3 heterocycles. The third-order valence-corrected chi connectivity index (χ3v) is 6.00. The van der Waals surface area contributed by atoms with Gasteiger partial charge in [0, 0.05) is 31.0 Å². The molecule has 6 heteroatoms. The number of hydrogen-bond acceptors (Lipinski definition) is 4. The standard InChI is InChI=1S/C22H18N4OS/c23-13-27-19-4-1-15(2-5-19)21(25-10-8-24-14-25)18-11-16-3-6-20(28)26-9-7-17(12-18)22(16)26/h1-2,4-5,8,10-12,14,21H,3,6-7,9H2. The number of imidazole rings is 1. The molecule has 3 aromatic rings. The van der Waals surface area contributed by atoms with Crippen LogP contribution in [0.4, 0.5) is 5.69 Å². The van der Waals surface area contributed by atoms with E-state index in [1.165, 1.54) is 22.4 Å². The van der Waals surface area contributed by atoms with E-state index < -0.39 is 0 Å². The lowest BCUT2D eigenvalue weighted by molar-refractivity contribution is 0.506. The molecule has 5 nitrogen and oxygen atoms in total. The molecule has 1 unspecified atom stereocenters. The van der Waals surface area contributed by atoms with E-state index in [1.807, 2.05) is 36.8 Å². The molecule has 0 aliphatic carbocycles. The Morgan fingerprint density at radius 3 is 2.57 bits per heavy atom. The average molecular weight is 386 g/mol. The Morgan fingerprint density at radius 2 is 1.86 bits per heavy atom. The van der Waals surface area contributed by atoms with E-state index in [2.05, 4.69) is 26.6 Å². The maximum absolute atomic E-state index is 8.72. The van der Waals surface area contributed by atoms with Gasteiger partial charge in [0.15, 0.2) is 0 Å².